The first-order chi connectivity index (χ1) is 23.1. The Morgan fingerprint density at radius 1 is 1.19 bits per heavy atom. The number of sulfonamides is 1. The van der Waals surface area contributed by atoms with Crippen LogP contribution in [0.25, 0.3) is 11.1 Å². The second-order valence-corrected chi connectivity index (χ2v) is 14.4. The van der Waals surface area contributed by atoms with Crippen LogP contribution in [0.4, 0.5) is 5.69 Å². The van der Waals surface area contributed by atoms with E-state index in [0.717, 1.165) is 59.5 Å². The molecule has 7 N–H and O–H groups in total. The first-order valence-electron chi connectivity index (χ1n) is 15.7. The number of piperidine rings is 1. The number of guanidine groups is 1. The number of nitrogens with two attached hydrogens (primary N) is 2. The minimum Gasteiger partial charge on any atom is -0.492 e. The number of hydrogen-bond donors (Lipinski definition) is 5. The minimum absolute atomic E-state index is 0.0200. The molecule has 5 rings (SSSR count). The number of likely N-dealkylation sites (tertiary alicyclic amines) is 1. The summed E-state index contributed by atoms with van der Waals surface area (Å²) in [7, 11) is -4.26. The number of aliphatic imine (C=N–C) groups is 1. The van der Waals surface area contributed by atoms with Crippen LogP contribution in [-0.4, -0.2) is 68.5 Å². The molecule has 254 valence electrons. The van der Waals surface area contributed by atoms with Crippen LogP contribution in [0.3, 0.4) is 0 Å². The Bertz CT molecular complexity index is 1820. The minimum atomic E-state index is -4.26. The van der Waals surface area contributed by atoms with Gasteiger partial charge in [-0.1, -0.05) is 24.3 Å². The molecule has 13 nitrogen and oxygen atoms in total. The largest absolute Gasteiger partial charge is 0.492 e. The lowest BCUT2D eigenvalue weighted by Crippen LogP contribution is -2.40. The van der Waals surface area contributed by atoms with Crippen molar-refractivity contribution in [3.05, 3.63) is 63.8 Å². The van der Waals surface area contributed by atoms with Gasteiger partial charge in [-0.15, -0.1) is 11.3 Å². The van der Waals surface area contributed by atoms with E-state index in [4.69, 9.17) is 21.5 Å². The molecule has 3 heterocycles. The second kappa shape index (κ2) is 15.5. The van der Waals surface area contributed by atoms with Crippen LogP contribution < -0.4 is 26.2 Å². The first kappa shape index (κ1) is 34.7. The summed E-state index contributed by atoms with van der Waals surface area (Å²) in [6.45, 7) is 3.02. The summed E-state index contributed by atoms with van der Waals surface area (Å²) >= 11 is 0.988. The molecular weight excluding hydrogens is 655 g/mol. The van der Waals surface area contributed by atoms with Crippen LogP contribution in [0.1, 0.15) is 52.9 Å². The summed E-state index contributed by atoms with van der Waals surface area (Å²) in [6.07, 6.45) is 3.45. The fourth-order valence-corrected chi connectivity index (χ4v) is 8.14. The number of rotatable bonds is 14. The van der Waals surface area contributed by atoms with E-state index in [1.54, 1.807) is 11.4 Å². The Balaban J connectivity index is 1.37. The fourth-order valence-electron chi connectivity index (χ4n) is 6.04. The van der Waals surface area contributed by atoms with E-state index in [-0.39, 0.29) is 40.1 Å². The van der Waals surface area contributed by atoms with E-state index in [2.05, 4.69) is 26.0 Å². The quantitative estimate of drug-likeness (QED) is 0.0941. The van der Waals surface area contributed by atoms with Crippen molar-refractivity contribution in [3.8, 4) is 22.9 Å². The van der Waals surface area contributed by atoms with Crippen LogP contribution >= 0.6 is 11.3 Å². The molecule has 1 amide bonds. The Morgan fingerprint density at radius 2 is 1.96 bits per heavy atom. The lowest BCUT2D eigenvalue weighted by atomic mass is 9.93. The number of amides is 1. The number of nitrogens with zero attached hydrogens (tertiary/aromatic N) is 3. The van der Waals surface area contributed by atoms with Gasteiger partial charge in [-0.2, -0.15) is 5.26 Å². The smallest absolute Gasteiger partial charge is 0.326 e. The molecule has 3 aromatic rings. The van der Waals surface area contributed by atoms with Crippen LogP contribution in [0, 0.1) is 17.2 Å². The third kappa shape index (κ3) is 8.43. The summed E-state index contributed by atoms with van der Waals surface area (Å²) in [5.41, 5.74) is 14.1. The van der Waals surface area contributed by atoms with Gasteiger partial charge in [-0.25, -0.2) is 13.2 Å². The number of hydrogen-bond acceptors (Lipinski definition) is 9. The molecule has 0 bridgehead atoms. The zero-order valence-corrected chi connectivity index (χ0v) is 28.0. The van der Waals surface area contributed by atoms with E-state index in [0.29, 0.717) is 38.3 Å². The normalized spacial score (nSPS) is 15.5. The molecule has 15 heteroatoms. The van der Waals surface area contributed by atoms with Gasteiger partial charge in [-0.3, -0.25) is 19.4 Å². The topological polar surface area (TPSA) is 213 Å². The highest BCUT2D eigenvalue weighted by Crippen LogP contribution is 2.40. The van der Waals surface area contributed by atoms with Crippen molar-refractivity contribution in [2.75, 3.05) is 31.0 Å². The summed E-state index contributed by atoms with van der Waals surface area (Å²) in [4.78, 5) is 31.2. The monoisotopic (exact) mass is 693 g/mol. The third-order valence-electron chi connectivity index (χ3n) is 8.51. The molecule has 2 aliphatic rings. The van der Waals surface area contributed by atoms with Gasteiger partial charge in [0.05, 0.1) is 18.4 Å². The zero-order valence-electron chi connectivity index (χ0n) is 26.4. The molecule has 0 unspecified atom stereocenters. The average Bonchev–Trinajstić information content (AvgIpc) is 3.72. The predicted octanol–water partition coefficient (Wildman–Crippen LogP) is 3.51. The van der Waals surface area contributed by atoms with Crippen LogP contribution in [0.15, 0.2) is 57.7 Å². The van der Waals surface area contributed by atoms with Crippen molar-refractivity contribution in [2.24, 2.45) is 22.4 Å². The molecule has 1 aromatic heterocycles. The van der Waals surface area contributed by atoms with Crippen molar-refractivity contribution >= 4 is 44.9 Å². The number of nitrogens with one attached hydrogen (secondary N) is 2. The number of carboxylic acids is 1. The highest BCUT2D eigenvalue weighted by Gasteiger charge is 2.30. The Hall–Kier alpha value is -4.65. The van der Waals surface area contributed by atoms with Crippen molar-refractivity contribution in [1.82, 2.24) is 10.2 Å². The van der Waals surface area contributed by atoms with E-state index in [1.165, 1.54) is 6.07 Å². The molecular formula is C33H39N7O6S2. The Labute approximate surface area is 283 Å². The summed E-state index contributed by atoms with van der Waals surface area (Å²) in [5.74, 6) is -1.38. The molecule has 2 aromatic carbocycles. The van der Waals surface area contributed by atoms with Gasteiger partial charge >= 0.3 is 5.97 Å². The van der Waals surface area contributed by atoms with Crippen molar-refractivity contribution < 1.29 is 27.9 Å². The third-order valence-corrected chi connectivity index (χ3v) is 10.8. The summed E-state index contributed by atoms with van der Waals surface area (Å²) in [5, 5.41) is 22.7. The Morgan fingerprint density at radius 3 is 2.69 bits per heavy atom. The van der Waals surface area contributed by atoms with E-state index in [9.17, 15) is 23.1 Å². The lowest BCUT2D eigenvalue weighted by Gasteiger charge is -2.31. The van der Waals surface area contributed by atoms with Crippen molar-refractivity contribution in [2.45, 2.75) is 56.0 Å². The van der Waals surface area contributed by atoms with Gasteiger partial charge in [-0.05, 0) is 90.5 Å². The molecule has 0 spiro atoms. The number of carbonyl (C=O) groups excluding carboxylic acids is 1. The number of carbonyl (C=O) groups is 2. The maximum Gasteiger partial charge on any atom is 0.326 e. The van der Waals surface area contributed by atoms with Gasteiger partial charge in [0.25, 0.3) is 15.9 Å². The molecule has 48 heavy (non-hydrogen) atoms. The van der Waals surface area contributed by atoms with Gasteiger partial charge in [0.2, 0.25) is 0 Å². The standard InChI is InChI=1S/C33H39N7O6S2/c34-12-7-21-8-14-40(15-9-21)20-23-4-1-2-5-25(23)24-18-22-10-16-46-29(22)28(19-24)48(44,45)39-26-11-17-47-30(26)31(41)38-27(32(42)43)6-3-13-37-33(35)36/h1-2,4-5,11,17-19,21,27,39H,3,6-10,13-16,20H2,(H,38,41)(H,42,43)(H4,35,36,37)/t27-/m0/s1. The zero-order chi connectivity index (χ0) is 34.3. The van der Waals surface area contributed by atoms with E-state index < -0.39 is 27.9 Å². The number of nitriles is 1. The SMILES string of the molecule is N#CCC1CCN(Cc2ccccc2-c2cc3c(c(S(=O)(=O)Nc4ccsc4C(=O)N[C@@H](CCCN=C(N)N)C(=O)O)c2)OCC3)CC1. The van der Waals surface area contributed by atoms with Gasteiger partial charge < -0.3 is 26.6 Å². The van der Waals surface area contributed by atoms with Gasteiger partial charge in [0.1, 0.15) is 21.6 Å². The number of thiophene rings is 1. The number of anilines is 1. The molecule has 1 atom stereocenters. The predicted molar refractivity (Wildman–Crippen MR) is 183 cm³/mol. The highest BCUT2D eigenvalue weighted by atomic mass is 32.2. The van der Waals surface area contributed by atoms with Crippen LogP contribution in [0.5, 0.6) is 5.75 Å². The maximum absolute atomic E-state index is 14.0. The molecule has 1 saturated heterocycles. The lowest BCUT2D eigenvalue weighted by molar-refractivity contribution is -0.139. The number of aliphatic carboxylic acids is 1. The molecule has 0 radical (unpaired) electrons. The summed E-state index contributed by atoms with van der Waals surface area (Å²) < 4.78 is 36.3. The fraction of sp³-hybridized carbons (Fsp3) is 0.394. The second-order valence-electron chi connectivity index (χ2n) is 11.9. The van der Waals surface area contributed by atoms with Crippen LogP contribution in [0.2, 0.25) is 0 Å². The molecule has 0 aliphatic carbocycles. The van der Waals surface area contributed by atoms with E-state index >= 15 is 0 Å². The van der Waals surface area contributed by atoms with E-state index in [1.807, 2.05) is 30.3 Å². The van der Waals surface area contributed by atoms with Gasteiger partial charge in [0, 0.05) is 25.9 Å². The number of carboxylic acid groups (broad SMARTS) is 1. The molecule has 0 saturated carbocycles. The average molecular weight is 694 g/mol. The van der Waals surface area contributed by atoms with Crippen LogP contribution in [-0.2, 0) is 27.8 Å². The van der Waals surface area contributed by atoms with Gasteiger partial charge in [0.15, 0.2) is 5.96 Å². The highest BCUT2D eigenvalue weighted by molar-refractivity contribution is 7.92. The molecule has 2 aliphatic heterocycles. The number of fused-ring (bicyclic) bond motifs is 1. The van der Waals surface area contributed by atoms with Crippen molar-refractivity contribution in [3.63, 3.8) is 0 Å². The Kier molecular flexibility index (Phi) is 11.2. The number of ether oxygens (including phenoxy) is 1. The molecule has 1 fully saturated rings. The summed E-state index contributed by atoms with van der Waals surface area (Å²) in [6, 6.07) is 14.0. The number of benzene rings is 2. The first-order valence-corrected chi connectivity index (χ1v) is 18.1. The maximum atomic E-state index is 14.0. The van der Waals surface area contributed by atoms with Crippen molar-refractivity contribution in [1.29, 1.82) is 5.26 Å².